The number of likely N-dealkylation sites (tertiary alicyclic amines) is 2. The fourth-order valence-corrected chi connectivity index (χ4v) is 12.0. The Kier molecular flexibility index (Phi) is 10.5. The summed E-state index contributed by atoms with van der Waals surface area (Å²) in [5.74, 6) is 2.39. The summed E-state index contributed by atoms with van der Waals surface area (Å²) >= 11 is 0. The number of ether oxygens (including phenoxy) is 2. The average molecular weight is 907 g/mol. The Bertz CT molecular complexity index is 2780. The molecule has 3 saturated carbocycles. The minimum Gasteiger partial charge on any atom is -0.453 e. The maximum Gasteiger partial charge on any atom is 0.407 e. The van der Waals surface area contributed by atoms with Crippen molar-refractivity contribution in [1.29, 1.82) is 0 Å². The molecule has 2 spiro atoms. The number of alkyl carbamates (subject to hydrolysis) is 2. The van der Waals surface area contributed by atoms with Gasteiger partial charge in [-0.2, -0.15) is 0 Å². The van der Waals surface area contributed by atoms with Gasteiger partial charge in [0.2, 0.25) is 11.8 Å². The topological polar surface area (TPSA) is 175 Å². The van der Waals surface area contributed by atoms with Crippen LogP contribution in [0.5, 0.6) is 0 Å². The molecule has 0 radical (unpaired) electrons. The summed E-state index contributed by atoms with van der Waals surface area (Å²) < 4.78 is 9.73. The van der Waals surface area contributed by atoms with Crippen molar-refractivity contribution < 1.29 is 28.7 Å². The lowest BCUT2D eigenvalue weighted by molar-refractivity contribution is -0.136. The van der Waals surface area contributed by atoms with Crippen molar-refractivity contribution >= 4 is 35.0 Å². The summed E-state index contributed by atoms with van der Waals surface area (Å²) in [6, 6.07) is 18.2. The maximum absolute atomic E-state index is 14.1. The third-order valence-corrected chi connectivity index (χ3v) is 16.4. The second kappa shape index (κ2) is 16.3. The van der Waals surface area contributed by atoms with E-state index in [0.717, 1.165) is 84.4 Å². The van der Waals surface area contributed by atoms with E-state index in [4.69, 9.17) is 19.4 Å². The SMILES string of the molecule is COC(=O)NC(C(=O)N1CC2(CC2)C[C@H]1c1ncc(-c2ccc(-c3ccc(-c4ccc5nc([C@@H]6CC7(CC7)CN6C(=O)[C@@H](NC(=O)OC)C(C)C)[nH]c5c4)c4c3C3CCC3C4)cc2)[nH]1)C(C)C. The molecule has 67 heavy (non-hydrogen) atoms. The number of carbonyl (C=O) groups excluding carboxylic acids is 4. The number of fused-ring (bicyclic) bond motifs is 4. The zero-order valence-corrected chi connectivity index (χ0v) is 39.4. The highest BCUT2D eigenvalue weighted by atomic mass is 16.5. The number of amides is 4. The first kappa shape index (κ1) is 43.4. The van der Waals surface area contributed by atoms with Gasteiger partial charge in [0.25, 0.3) is 0 Å². The highest BCUT2D eigenvalue weighted by Crippen LogP contribution is 2.60. The normalized spacial score (nSPS) is 23.6. The number of imidazole rings is 2. The summed E-state index contributed by atoms with van der Waals surface area (Å²) in [4.78, 5) is 73.6. The van der Waals surface area contributed by atoms with Crippen molar-refractivity contribution in [3.63, 3.8) is 0 Å². The molecule has 3 aromatic carbocycles. The fraction of sp³-hybridized carbons (Fsp3) is 0.509. The number of H-pyrrole nitrogens is 2. The summed E-state index contributed by atoms with van der Waals surface area (Å²) in [5.41, 5.74) is 11.8. The average Bonchev–Trinajstić information content (AvgIpc) is 3.84. The van der Waals surface area contributed by atoms with E-state index in [9.17, 15) is 19.2 Å². The monoisotopic (exact) mass is 906 g/mol. The Labute approximate surface area is 391 Å². The summed E-state index contributed by atoms with van der Waals surface area (Å²) in [7, 11) is 2.64. The quantitative estimate of drug-likeness (QED) is 0.102. The van der Waals surface area contributed by atoms with Crippen molar-refractivity contribution in [1.82, 2.24) is 40.4 Å². The van der Waals surface area contributed by atoms with E-state index >= 15 is 0 Å². The lowest BCUT2D eigenvalue weighted by Gasteiger charge is -2.31. The second-order valence-corrected chi connectivity index (χ2v) is 21.4. The van der Waals surface area contributed by atoms with Gasteiger partial charge in [0.15, 0.2) is 0 Å². The molecule has 350 valence electrons. The molecule has 4 amide bonds. The number of nitrogens with one attached hydrogen (secondary N) is 4. The van der Waals surface area contributed by atoms with E-state index in [0.29, 0.717) is 24.9 Å². The van der Waals surface area contributed by atoms with Gasteiger partial charge < -0.3 is 39.9 Å². The predicted octanol–water partition coefficient (Wildman–Crippen LogP) is 9.21. The van der Waals surface area contributed by atoms with E-state index in [1.165, 1.54) is 54.9 Å². The van der Waals surface area contributed by atoms with Gasteiger partial charge in [-0.15, -0.1) is 0 Å². The van der Waals surface area contributed by atoms with Gasteiger partial charge in [-0.3, -0.25) is 9.59 Å². The number of rotatable bonds is 11. The molecule has 2 aliphatic heterocycles. The number of hydrogen-bond acceptors (Lipinski definition) is 8. The van der Waals surface area contributed by atoms with Crippen molar-refractivity contribution in [2.75, 3.05) is 27.3 Å². The number of aromatic nitrogens is 4. The Hall–Kier alpha value is -6.18. The molecular formula is C53H62N8O6. The molecule has 6 aliphatic rings. The van der Waals surface area contributed by atoms with Crippen LogP contribution in [0.3, 0.4) is 0 Å². The largest absolute Gasteiger partial charge is 0.453 e. The minimum atomic E-state index is -0.686. The minimum absolute atomic E-state index is 0.0919. The van der Waals surface area contributed by atoms with Crippen LogP contribution in [0, 0.1) is 28.6 Å². The molecule has 14 nitrogen and oxygen atoms in total. The molecule has 5 fully saturated rings. The van der Waals surface area contributed by atoms with E-state index in [2.05, 4.69) is 75.2 Å². The van der Waals surface area contributed by atoms with Crippen LogP contribution in [0.25, 0.3) is 44.5 Å². The number of carbonyl (C=O) groups is 4. The molecule has 2 aromatic heterocycles. The van der Waals surface area contributed by atoms with Crippen LogP contribution in [0.4, 0.5) is 9.59 Å². The van der Waals surface area contributed by atoms with E-state index < -0.39 is 24.3 Å². The molecule has 11 rings (SSSR count). The van der Waals surface area contributed by atoms with E-state index in [1.54, 1.807) is 0 Å². The van der Waals surface area contributed by atoms with Crippen molar-refractivity contribution in [2.45, 2.75) is 116 Å². The van der Waals surface area contributed by atoms with E-state index in [-0.39, 0.29) is 46.6 Å². The lowest BCUT2D eigenvalue weighted by Crippen LogP contribution is -2.51. The van der Waals surface area contributed by atoms with Gasteiger partial charge in [-0.25, -0.2) is 19.6 Å². The highest BCUT2D eigenvalue weighted by Gasteiger charge is 2.56. The molecule has 14 heteroatoms. The van der Waals surface area contributed by atoms with Gasteiger partial charge in [0, 0.05) is 13.1 Å². The molecule has 0 bridgehead atoms. The molecule has 4 N–H and O–H groups in total. The van der Waals surface area contributed by atoms with Crippen LogP contribution in [0.2, 0.25) is 0 Å². The van der Waals surface area contributed by atoms with Gasteiger partial charge in [0.1, 0.15) is 23.7 Å². The number of nitrogens with zero attached hydrogens (tertiary/aromatic N) is 4. The zero-order valence-electron chi connectivity index (χ0n) is 39.4. The zero-order chi connectivity index (χ0) is 46.5. The second-order valence-electron chi connectivity index (χ2n) is 21.4. The van der Waals surface area contributed by atoms with Gasteiger partial charge >= 0.3 is 12.2 Å². The highest BCUT2D eigenvalue weighted by molar-refractivity contribution is 5.89. The van der Waals surface area contributed by atoms with Crippen LogP contribution < -0.4 is 10.6 Å². The summed E-state index contributed by atoms with van der Waals surface area (Å²) in [6.45, 7) is 9.10. The van der Waals surface area contributed by atoms with Crippen LogP contribution in [-0.2, 0) is 25.5 Å². The Morgan fingerprint density at radius 2 is 1.27 bits per heavy atom. The van der Waals surface area contributed by atoms with E-state index in [1.807, 2.05) is 43.7 Å². The van der Waals surface area contributed by atoms with Gasteiger partial charge in [-0.05, 0) is 143 Å². The predicted molar refractivity (Wildman–Crippen MR) is 254 cm³/mol. The molecule has 4 heterocycles. The summed E-state index contributed by atoms with van der Waals surface area (Å²) in [5, 5.41) is 5.56. The van der Waals surface area contributed by atoms with Crippen LogP contribution in [-0.4, -0.2) is 93.1 Å². The summed E-state index contributed by atoms with van der Waals surface area (Å²) in [6.07, 6.45) is 10.3. The lowest BCUT2D eigenvalue weighted by atomic mass is 9.73. The molecule has 5 aromatic rings. The molecular weight excluding hydrogens is 845 g/mol. The first-order valence-corrected chi connectivity index (χ1v) is 24.4. The Balaban J connectivity index is 0.846. The molecule has 3 unspecified atom stereocenters. The van der Waals surface area contributed by atoms with Gasteiger partial charge in [0.05, 0.1) is 49.2 Å². The number of benzene rings is 3. The van der Waals surface area contributed by atoms with Crippen molar-refractivity contribution in [3.05, 3.63) is 83.6 Å². The van der Waals surface area contributed by atoms with Gasteiger partial charge in [-0.1, -0.05) is 70.2 Å². The van der Waals surface area contributed by atoms with Crippen LogP contribution >= 0.6 is 0 Å². The molecule has 6 atom stereocenters. The third kappa shape index (κ3) is 7.64. The van der Waals surface area contributed by atoms with Crippen LogP contribution in [0.15, 0.2) is 60.8 Å². The third-order valence-electron chi connectivity index (χ3n) is 16.4. The smallest absolute Gasteiger partial charge is 0.407 e. The number of methoxy groups -OCH3 is 2. The number of aromatic amines is 2. The Morgan fingerprint density at radius 3 is 1.82 bits per heavy atom. The first-order chi connectivity index (χ1) is 32.3. The first-order valence-electron chi connectivity index (χ1n) is 24.4. The van der Waals surface area contributed by atoms with Crippen molar-refractivity contribution in [3.8, 4) is 33.5 Å². The fourth-order valence-electron chi connectivity index (χ4n) is 12.0. The number of hydrogen-bond donors (Lipinski definition) is 4. The maximum atomic E-state index is 14.1. The van der Waals surface area contributed by atoms with Crippen LogP contribution in [0.1, 0.15) is 120 Å². The molecule has 4 aliphatic carbocycles. The molecule has 2 saturated heterocycles. The Morgan fingerprint density at radius 1 is 0.701 bits per heavy atom. The standard InChI is InChI=1S/C53H62N8O6/c1-28(2)44(58-50(64)66-5)48(62)60-26-52(17-18-52)23-41(60)46-54-25-40(57-46)31-9-7-30(8-10-31)35-15-14-34(37-21-32-11-13-36(32)43(35)37)33-12-16-38-39(22-33)56-47(55-38)42-24-53(19-20-53)27-61(42)49(63)45(29(3)4)59-51(65)67-6/h7-10,12,14-16,22,25,28-29,32,36,41-42,44-45H,11,13,17-21,23-24,26-27H2,1-6H3,(H,54,57)(H,55,56)(H,58,64)(H,59,65)/t32?,36?,41-,42-,44?,45-/m0/s1. The van der Waals surface area contributed by atoms with Crippen molar-refractivity contribution in [2.24, 2.45) is 28.6 Å².